The van der Waals surface area contributed by atoms with Gasteiger partial charge in [-0.1, -0.05) is 25.2 Å². The monoisotopic (exact) mass is 582 g/mol. The van der Waals surface area contributed by atoms with Gasteiger partial charge >= 0.3 is 0 Å². The Morgan fingerprint density at radius 2 is 1.60 bits per heavy atom. The van der Waals surface area contributed by atoms with Crippen molar-refractivity contribution in [3.63, 3.8) is 0 Å². The minimum absolute atomic E-state index is 0.00608. The van der Waals surface area contributed by atoms with Crippen LogP contribution in [0.1, 0.15) is 37.0 Å². The molecular weight excluding hydrogens is 552 g/mol. The van der Waals surface area contributed by atoms with E-state index in [4.69, 9.17) is 25.0 Å². The highest BCUT2D eigenvalue weighted by Gasteiger charge is 2.27. The summed E-state index contributed by atoms with van der Waals surface area (Å²) >= 11 is 1.37. The second-order valence-corrected chi connectivity index (χ2v) is 11.8. The number of hydrogen-bond donors (Lipinski definition) is 0. The zero-order chi connectivity index (χ0) is 28.7. The van der Waals surface area contributed by atoms with E-state index >= 15 is 0 Å². The minimum atomic E-state index is -3.95. The van der Waals surface area contributed by atoms with Crippen molar-refractivity contribution >= 4 is 42.6 Å². The maximum Gasteiger partial charge on any atom is 0.260 e. The van der Waals surface area contributed by atoms with Gasteiger partial charge in [0.05, 0.1) is 27.3 Å². The molecule has 11 nitrogen and oxygen atoms in total. The zero-order valence-corrected chi connectivity index (χ0v) is 24.0. The average molecular weight is 583 g/mol. The van der Waals surface area contributed by atoms with Crippen molar-refractivity contribution in [3.8, 4) is 23.6 Å². The highest BCUT2D eigenvalue weighted by Crippen LogP contribution is 2.40. The summed E-state index contributed by atoms with van der Waals surface area (Å²) in [6.07, 6.45) is 0.0122. The predicted octanol–water partition coefficient (Wildman–Crippen LogP) is 3.83. The normalized spacial score (nSPS) is 12.6. The number of sulfonamides is 1. The molecule has 1 aromatic heterocycles. The molecule has 0 fully saturated rings. The standard InChI is InChI=1S/C27H30N6O5S2/c1-3-31(4-2)15-16-33(27-30-22-17-23-24(38-19-37-23)18-25(22)39-27)26(34)20-7-9-21(10-8-20)40(35,36)32(13-5-11-28)14-6-12-29/h7-10,17-18H,3-6,13-16,19H2,1-2H3. The number of fused-ring (bicyclic) bond motifs is 2. The van der Waals surface area contributed by atoms with E-state index in [1.54, 1.807) is 11.0 Å². The van der Waals surface area contributed by atoms with E-state index in [-0.39, 0.29) is 43.5 Å². The van der Waals surface area contributed by atoms with Crippen LogP contribution in [0, 0.1) is 22.7 Å². The number of rotatable bonds is 13. The van der Waals surface area contributed by atoms with Gasteiger partial charge < -0.3 is 14.4 Å². The van der Waals surface area contributed by atoms with Gasteiger partial charge in [0, 0.05) is 56.7 Å². The summed E-state index contributed by atoms with van der Waals surface area (Å²) in [4.78, 5) is 22.3. The first-order valence-electron chi connectivity index (χ1n) is 12.9. The zero-order valence-electron chi connectivity index (χ0n) is 22.4. The van der Waals surface area contributed by atoms with E-state index in [1.807, 2.05) is 18.2 Å². The number of amides is 1. The summed E-state index contributed by atoms with van der Waals surface area (Å²) < 4.78 is 39.3. The Kier molecular flexibility index (Phi) is 9.55. The first-order valence-corrected chi connectivity index (χ1v) is 15.2. The second-order valence-electron chi connectivity index (χ2n) is 8.90. The molecule has 0 N–H and O–H groups in total. The van der Waals surface area contributed by atoms with Gasteiger partial charge in [0.25, 0.3) is 5.91 Å². The van der Waals surface area contributed by atoms with Gasteiger partial charge in [-0.15, -0.1) is 0 Å². The lowest BCUT2D eigenvalue weighted by molar-refractivity contribution is 0.0983. The Labute approximate surface area is 237 Å². The van der Waals surface area contributed by atoms with Gasteiger partial charge in [0.2, 0.25) is 16.8 Å². The molecule has 0 spiro atoms. The Bertz CT molecular complexity index is 1480. The fraction of sp³-hybridized carbons (Fsp3) is 0.407. The summed E-state index contributed by atoms with van der Waals surface area (Å²) in [7, 11) is -3.95. The van der Waals surface area contributed by atoms with Crippen molar-refractivity contribution in [2.75, 3.05) is 51.0 Å². The highest BCUT2D eigenvalue weighted by atomic mass is 32.2. The quantitative estimate of drug-likeness (QED) is 0.294. The van der Waals surface area contributed by atoms with Crippen LogP contribution in [0.4, 0.5) is 5.13 Å². The molecule has 1 aliphatic rings. The smallest absolute Gasteiger partial charge is 0.260 e. The van der Waals surface area contributed by atoms with Gasteiger partial charge in [-0.2, -0.15) is 14.8 Å². The van der Waals surface area contributed by atoms with Crippen molar-refractivity contribution in [3.05, 3.63) is 42.0 Å². The molecule has 13 heteroatoms. The molecular formula is C27H30N6O5S2. The van der Waals surface area contributed by atoms with Crippen molar-refractivity contribution in [1.29, 1.82) is 10.5 Å². The largest absolute Gasteiger partial charge is 0.454 e. The van der Waals surface area contributed by atoms with Crippen molar-refractivity contribution in [1.82, 2.24) is 14.2 Å². The highest BCUT2D eigenvalue weighted by molar-refractivity contribution is 7.89. The molecule has 40 heavy (non-hydrogen) atoms. The number of benzene rings is 2. The van der Waals surface area contributed by atoms with E-state index in [9.17, 15) is 13.2 Å². The number of nitriles is 2. The molecule has 0 atom stereocenters. The first kappa shape index (κ1) is 29.2. The van der Waals surface area contributed by atoms with E-state index in [1.165, 1.54) is 35.6 Å². The van der Waals surface area contributed by atoms with Crippen molar-refractivity contribution in [2.24, 2.45) is 0 Å². The predicted molar refractivity (Wildman–Crippen MR) is 151 cm³/mol. The van der Waals surface area contributed by atoms with Crippen LogP contribution in [0.3, 0.4) is 0 Å². The third kappa shape index (κ3) is 6.35. The summed E-state index contributed by atoms with van der Waals surface area (Å²) in [5.74, 6) is 0.945. The Hall–Kier alpha value is -3.75. The SMILES string of the molecule is CCN(CC)CCN(C(=O)c1ccc(S(=O)(=O)N(CCC#N)CCC#N)cc1)c1nc2cc3c(cc2s1)OCO3. The minimum Gasteiger partial charge on any atom is -0.454 e. The number of hydrogen-bond acceptors (Lipinski definition) is 10. The second kappa shape index (κ2) is 13.1. The van der Waals surface area contributed by atoms with Gasteiger partial charge in [-0.05, 0) is 37.4 Å². The number of likely N-dealkylation sites (N-methyl/N-ethyl adjacent to an activating group) is 1. The van der Waals surface area contributed by atoms with Gasteiger partial charge in [-0.25, -0.2) is 13.4 Å². The van der Waals surface area contributed by atoms with Gasteiger partial charge in [0.15, 0.2) is 16.6 Å². The average Bonchev–Trinajstić information content (AvgIpc) is 3.59. The molecule has 0 saturated heterocycles. The van der Waals surface area contributed by atoms with Crippen LogP contribution < -0.4 is 14.4 Å². The Morgan fingerprint density at radius 1 is 0.975 bits per heavy atom. The van der Waals surface area contributed by atoms with Gasteiger partial charge in [0.1, 0.15) is 0 Å². The number of carbonyl (C=O) groups is 1. The maximum atomic E-state index is 13.8. The number of nitrogens with zero attached hydrogens (tertiary/aromatic N) is 6. The van der Waals surface area contributed by atoms with Gasteiger partial charge in [-0.3, -0.25) is 9.69 Å². The molecule has 0 unspecified atom stereocenters. The van der Waals surface area contributed by atoms with Crippen molar-refractivity contribution in [2.45, 2.75) is 31.6 Å². The van der Waals surface area contributed by atoms with Crippen LogP contribution in [0.15, 0.2) is 41.3 Å². The molecule has 0 radical (unpaired) electrons. The molecule has 0 saturated carbocycles. The number of carbonyl (C=O) groups excluding carboxylic acids is 1. The van der Waals surface area contributed by atoms with Crippen molar-refractivity contribution < 1.29 is 22.7 Å². The molecule has 1 amide bonds. The van der Waals surface area contributed by atoms with Crippen LogP contribution in [0.25, 0.3) is 10.2 Å². The molecule has 0 aliphatic carbocycles. The Balaban J connectivity index is 1.62. The molecule has 0 bridgehead atoms. The number of aromatic nitrogens is 1. The van der Waals surface area contributed by atoms with Crippen LogP contribution >= 0.6 is 11.3 Å². The lowest BCUT2D eigenvalue weighted by atomic mass is 10.2. The van der Waals surface area contributed by atoms with Crippen LogP contribution in [0.5, 0.6) is 11.5 Å². The number of thiazole rings is 1. The van der Waals surface area contributed by atoms with E-state index in [2.05, 4.69) is 18.7 Å². The maximum absolute atomic E-state index is 13.8. The summed E-state index contributed by atoms with van der Waals surface area (Å²) in [5.41, 5.74) is 1.01. The summed E-state index contributed by atoms with van der Waals surface area (Å²) in [6, 6.07) is 13.3. The third-order valence-electron chi connectivity index (χ3n) is 6.57. The topological polar surface area (TPSA) is 140 Å². The number of anilines is 1. The van der Waals surface area contributed by atoms with E-state index in [0.717, 1.165) is 22.1 Å². The molecule has 2 aromatic carbocycles. The third-order valence-corrected chi connectivity index (χ3v) is 9.52. The molecule has 2 heterocycles. The fourth-order valence-corrected chi connectivity index (χ4v) is 6.70. The first-order chi connectivity index (χ1) is 19.3. The van der Waals surface area contributed by atoms with Crippen LogP contribution in [-0.2, 0) is 10.0 Å². The summed E-state index contributed by atoms with van der Waals surface area (Å²) in [5, 5.41) is 18.4. The molecule has 1 aliphatic heterocycles. The Morgan fingerprint density at radius 3 is 2.20 bits per heavy atom. The number of ether oxygens (including phenoxy) is 2. The van der Waals surface area contributed by atoms with E-state index < -0.39 is 10.0 Å². The van der Waals surface area contributed by atoms with Crippen LogP contribution in [0.2, 0.25) is 0 Å². The lowest BCUT2D eigenvalue weighted by Gasteiger charge is -2.25. The molecule has 3 aromatic rings. The van der Waals surface area contributed by atoms with Crippen LogP contribution in [-0.4, -0.2) is 74.6 Å². The van der Waals surface area contributed by atoms with E-state index in [0.29, 0.717) is 40.8 Å². The molecule has 210 valence electrons. The molecule has 4 rings (SSSR count). The fourth-order valence-electron chi connectivity index (χ4n) is 4.26. The lowest BCUT2D eigenvalue weighted by Crippen LogP contribution is -2.39. The summed E-state index contributed by atoms with van der Waals surface area (Å²) in [6.45, 7) is 6.94.